The highest BCUT2D eigenvalue weighted by atomic mass is 35.5. The highest BCUT2D eigenvalue weighted by Gasteiger charge is 2.10. The average Bonchev–Trinajstić information content (AvgIpc) is 2.19. The van der Waals surface area contributed by atoms with Crippen LogP contribution in [0.15, 0.2) is 18.2 Å². The van der Waals surface area contributed by atoms with Gasteiger partial charge >= 0.3 is 0 Å². The Morgan fingerprint density at radius 3 is 2.64 bits per heavy atom. The quantitative estimate of drug-likeness (QED) is 0.761. The molecule has 78 valence electrons. The van der Waals surface area contributed by atoms with E-state index < -0.39 is 0 Å². The van der Waals surface area contributed by atoms with Crippen molar-refractivity contribution in [3.63, 3.8) is 0 Å². The van der Waals surface area contributed by atoms with E-state index in [0.29, 0.717) is 0 Å². The van der Waals surface area contributed by atoms with E-state index in [1.165, 1.54) is 0 Å². The molecule has 14 heavy (non-hydrogen) atoms. The maximum absolute atomic E-state index is 4.50. The number of halogens is 1. The largest absolute Gasteiger partial charge is 0.354 e. The molecule has 1 saturated heterocycles. The Bertz CT molecular complexity index is 284. The third-order valence-corrected chi connectivity index (χ3v) is 2.31. The Kier molecular flexibility index (Phi) is 4.17. The molecule has 0 atom stereocenters. The van der Waals surface area contributed by atoms with Crippen molar-refractivity contribution in [1.29, 1.82) is 0 Å². The molecule has 2 rings (SSSR count). The summed E-state index contributed by atoms with van der Waals surface area (Å²) >= 11 is 0. The predicted molar refractivity (Wildman–Crippen MR) is 61.3 cm³/mol. The Morgan fingerprint density at radius 1 is 1.29 bits per heavy atom. The maximum atomic E-state index is 4.50. The van der Waals surface area contributed by atoms with Crippen molar-refractivity contribution in [3.05, 3.63) is 23.9 Å². The molecule has 0 unspecified atom stereocenters. The van der Waals surface area contributed by atoms with Crippen molar-refractivity contribution in [2.24, 2.45) is 0 Å². The monoisotopic (exact) mass is 213 g/mol. The Hall–Kier alpha value is -0.800. The van der Waals surface area contributed by atoms with E-state index in [1.54, 1.807) is 0 Å². The maximum Gasteiger partial charge on any atom is 0.128 e. The van der Waals surface area contributed by atoms with E-state index in [2.05, 4.69) is 27.3 Å². The fraction of sp³-hybridized carbons (Fsp3) is 0.500. The molecule has 1 N–H and O–H groups in total. The van der Waals surface area contributed by atoms with Crippen LogP contribution >= 0.6 is 12.4 Å². The van der Waals surface area contributed by atoms with E-state index >= 15 is 0 Å². The number of aryl methyl sites for hydroxylation is 1. The number of nitrogens with zero attached hydrogens (tertiary/aromatic N) is 2. The van der Waals surface area contributed by atoms with Gasteiger partial charge in [-0.3, -0.25) is 0 Å². The van der Waals surface area contributed by atoms with Crippen LogP contribution in [0.25, 0.3) is 0 Å². The second kappa shape index (κ2) is 5.17. The van der Waals surface area contributed by atoms with Gasteiger partial charge in [0, 0.05) is 31.9 Å². The van der Waals surface area contributed by atoms with Gasteiger partial charge in [0.15, 0.2) is 0 Å². The first-order valence-corrected chi connectivity index (χ1v) is 4.75. The first-order valence-electron chi connectivity index (χ1n) is 4.75. The summed E-state index contributed by atoms with van der Waals surface area (Å²) in [6.45, 7) is 6.30. The predicted octanol–water partition coefficient (Wildman–Crippen LogP) is 1.22. The molecule has 4 heteroatoms. The second-order valence-electron chi connectivity index (χ2n) is 3.37. The molecule has 0 spiro atoms. The SMILES string of the molecule is Cc1cccc(N2CCNCC2)n1.Cl. The highest BCUT2D eigenvalue weighted by Crippen LogP contribution is 2.11. The number of rotatable bonds is 1. The summed E-state index contributed by atoms with van der Waals surface area (Å²) in [6, 6.07) is 6.18. The van der Waals surface area contributed by atoms with Gasteiger partial charge in [0.1, 0.15) is 5.82 Å². The molecular weight excluding hydrogens is 198 g/mol. The van der Waals surface area contributed by atoms with Gasteiger partial charge in [0.2, 0.25) is 0 Å². The van der Waals surface area contributed by atoms with Crippen molar-refractivity contribution < 1.29 is 0 Å². The zero-order chi connectivity index (χ0) is 9.10. The Balaban J connectivity index is 0.000000980. The van der Waals surface area contributed by atoms with Crippen LogP contribution in [-0.2, 0) is 0 Å². The van der Waals surface area contributed by atoms with Crippen LogP contribution in [-0.4, -0.2) is 31.2 Å². The summed E-state index contributed by atoms with van der Waals surface area (Å²) in [5, 5.41) is 3.33. The number of hydrogen-bond acceptors (Lipinski definition) is 3. The lowest BCUT2D eigenvalue weighted by Gasteiger charge is -2.28. The smallest absolute Gasteiger partial charge is 0.128 e. The Morgan fingerprint density at radius 2 is 2.00 bits per heavy atom. The molecule has 1 fully saturated rings. The molecule has 0 aliphatic carbocycles. The van der Waals surface area contributed by atoms with Crippen LogP contribution < -0.4 is 10.2 Å². The molecule has 0 aromatic carbocycles. The van der Waals surface area contributed by atoms with Gasteiger partial charge in [0.05, 0.1) is 0 Å². The molecule has 0 bridgehead atoms. The third-order valence-electron chi connectivity index (χ3n) is 2.31. The summed E-state index contributed by atoms with van der Waals surface area (Å²) < 4.78 is 0. The molecular formula is C10H16ClN3. The van der Waals surface area contributed by atoms with Crippen LogP contribution in [0.1, 0.15) is 5.69 Å². The fourth-order valence-corrected chi connectivity index (χ4v) is 1.60. The fourth-order valence-electron chi connectivity index (χ4n) is 1.60. The van der Waals surface area contributed by atoms with Crippen molar-refractivity contribution in [2.75, 3.05) is 31.1 Å². The van der Waals surface area contributed by atoms with Crippen LogP contribution in [0, 0.1) is 6.92 Å². The molecule has 3 nitrogen and oxygen atoms in total. The lowest BCUT2D eigenvalue weighted by molar-refractivity contribution is 0.584. The van der Waals surface area contributed by atoms with Gasteiger partial charge in [-0.1, -0.05) is 6.07 Å². The highest BCUT2D eigenvalue weighted by molar-refractivity contribution is 5.85. The molecule has 0 radical (unpaired) electrons. The third kappa shape index (κ3) is 2.59. The van der Waals surface area contributed by atoms with E-state index in [4.69, 9.17) is 0 Å². The summed E-state index contributed by atoms with van der Waals surface area (Å²) in [6.07, 6.45) is 0. The van der Waals surface area contributed by atoms with Crippen molar-refractivity contribution in [1.82, 2.24) is 10.3 Å². The summed E-state index contributed by atoms with van der Waals surface area (Å²) in [4.78, 5) is 6.82. The first kappa shape index (κ1) is 11.3. The minimum atomic E-state index is 0. The number of nitrogens with one attached hydrogen (secondary N) is 1. The van der Waals surface area contributed by atoms with Gasteiger partial charge in [0.25, 0.3) is 0 Å². The summed E-state index contributed by atoms with van der Waals surface area (Å²) in [5.41, 5.74) is 1.09. The van der Waals surface area contributed by atoms with Crippen molar-refractivity contribution in [2.45, 2.75) is 6.92 Å². The lowest BCUT2D eigenvalue weighted by Crippen LogP contribution is -2.43. The number of piperazine rings is 1. The summed E-state index contributed by atoms with van der Waals surface area (Å²) in [5.74, 6) is 1.11. The zero-order valence-corrected chi connectivity index (χ0v) is 9.18. The van der Waals surface area contributed by atoms with Crippen molar-refractivity contribution >= 4 is 18.2 Å². The lowest BCUT2D eigenvalue weighted by atomic mass is 10.3. The number of hydrogen-bond donors (Lipinski definition) is 1. The topological polar surface area (TPSA) is 28.2 Å². The van der Waals surface area contributed by atoms with E-state index in [-0.39, 0.29) is 12.4 Å². The van der Waals surface area contributed by atoms with Crippen LogP contribution in [0.4, 0.5) is 5.82 Å². The van der Waals surface area contributed by atoms with Gasteiger partial charge in [-0.05, 0) is 19.1 Å². The van der Waals surface area contributed by atoms with Crippen LogP contribution in [0.2, 0.25) is 0 Å². The molecule has 1 aromatic rings. The molecule has 0 saturated carbocycles. The number of anilines is 1. The Labute approximate surface area is 90.9 Å². The minimum Gasteiger partial charge on any atom is -0.354 e. The first-order chi connectivity index (χ1) is 6.36. The molecule has 2 heterocycles. The molecule has 0 amide bonds. The van der Waals surface area contributed by atoms with Crippen LogP contribution in [0.3, 0.4) is 0 Å². The second-order valence-corrected chi connectivity index (χ2v) is 3.37. The van der Waals surface area contributed by atoms with Crippen molar-refractivity contribution in [3.8, 4) is 0 Å². The van der Waals surface area contributed by atoms with E-state index in [9.17, 15) is 0 Å². The minimum absolute atomic E-state index is 0. The van der Waals surface area contributed by atoms with E-state index in [1.807, 2.05) is 13.0 Å². The molecule has 1 aromatic heterocycles. The normalized spacial score (nSPS) is 16.2. The van der Waals surface area contributed by atoms with Gasteiger partial charge < -0.3 is 10.2 Å². The van der Waals surface area contributed by atoms with Gasteiger partial charge in [-0.25, -0.2) is 4.98 Å². The molecule has 1 aliphatic heterocycles. The number of aromatic nitrogens is 1. The molecule has 1 aliphatic rings. The zero-order valence-electron chi connectivity index (χ0n) is 8.36. The van der Waals surface area contributed by atoms with Gasteiger partial charge in [-0.2, -0.15) is 0 Å². The van der Waals surface area contributed by atoms with E-state index in [0.717, 1.165) is 37.7 Å². The van der Waals surface area contributed by atoms with Gasteiger partial charge in [-0.15, -0.1) is 12.4 Å². The average molecular weight is 214 g/mol. The van der Waals surface area contributed by atoms with Crippen LogP contribution in [0.5, 0.6) is 0 Å². The standard InChI is InChI=1S/C10H15N3.ClH/c1-9-3-2-4-10(12-9)13-7-5-11-6-8-13;/h2-4,11H,5-8H2,1H3;1H. The summed E-state index contributed by atoms with van der Waals surface area (Å²) in [7, 11) is 0. The number of pyridine rings is 1.